The van der Waals surface area contributed by atoms with Crippen LogP contribution < -0.4 is 10.0 Å². The van der Waals surface area contributed by atoms with Crippen LogP contribution in [-0.4, -0.2) is 21.4 Å². The van der Waals surface area contributed by atoms with E-state index >= 15 is 0 Å². The molecule has 11 heteroatoms. The van der Waals surface area contributed by atoms with Gasteiger partial charge in [0.25, 0.3) is 0 Å². The van der Waals surface area contributed by atoms with Crippen LogP contribution in [0.1, 0.15) is 35.2 Å². The lowest BCUT2D eigenvalue weighted by Gasteiger charge is -2.15. The lowest BCUT2D eigenvalue weighted by atomic mass is 9.98. The summed E-state index contributed by atoms with van der Waals surface area (Å²) in [6.07, 6.45) is -3.19. The Morgan fingerprint density at radius 2 is 1.86 bits per heavy atom. The zero-order valence-electron chi connectivity index (χ0n) is 15.4. The van der Waals surface area contributed by atoms with Crippen LogP contribution in [0.4, 0.5) is 17.6 Å². The fourth-order valence-corrected chi connectivity index (χ4v) is 2.97. The Kier molecular flexibility index (Phi) is 7.73. The highest BCUT2D eigenvalue weighted by molar-refractivity contribution is 7.82. The number of hydrogen-bond acceptors (Lipinski definition) is 3. The molecule has 1 aromatic carbocycles. The third-order valence-corrected chi connectivity index (χ3v) is 4.98. The van der Waals surface area contributed by atoms with E-state index in [1.54, 1.807) is 13.0 Å². The van der Waals surface area contributed by atoms with Crippen LogP contribution in [0.5, 0.6) is 0 Å². The molecule has 158 valence electrons. The third-order valence-electron chi connectivity index (χ3n) is 4.11. The van der Waals surface area contributed by atoms with E-state index < -0.39 is 40.5 Å². The lowest BCUT2D eigenvalue weighted by Crippen LogP contribution is -2.28. The molecule has 5 nitrogen and oxygen atoms in total. The molecule has 1 amide bonds. The fourth-order valence-electron chi connectivity index (χ4n) is 2.40. The predicted molar refractivity (Wildman–Crippen MR) is 102 cm³/mol. The molecule has 0 saturated carbocycles. The highest BCUT2D eigenvalue weighted by Gasteiger charge is 2.32. The summed E-state index contributed by atoms with van der Waals surface area (Å²) < 4.78 is 65.6. The van der Waals surface area contributed by atoms with Gasteiger partial charge in [0, 0.05) is 30.5 Å². The van der Waals surface area contributed by atoms with Crippen molar-refractivity contribution in [3.8, 4) is 0 Å². The third kappa shape index (κ3) is 6.48. The zero-order valence-corrected chi connectivity index (χ0v) is 17.0. The number of benzene rings is 1. The Morgan fingerprint density at radius 3 is 2.41 bits per heavy atom. The summed E-state index contributed by atoms with van der Waals surface area (Å²) in [6.45, 7) is 1.52. The van der Waals surface area contributed by atoms with Crippen molar-refractivity contribution in [1.29, 1.82) is 0 Å². The number of pyridine rings is 1. The highest BCUT2D eigenvalue weighted by atomic mass is 35.5. The van der Waals surface area contributed by atoms with Crippen LogP contribution in [0, 0.1) is 5.82 Å². The first-order chi connectivity index (χ1) is 13.5. The fraction of sp³-hybridized carbons (Fsp3) is 0.333. The van der Waals surface area contributed by atoms with Crippen molar-refractivity contribution in [2.75, 3.05) is 6.26 Å². The van der Waals surface area contributed by atoms with E-state index in [0.29, 0.717) is 11.1 Å². The Hall–Kier alpha value is -2.04. The monoisotopic (exact) mass is 451 g/mol. The van der Waals surface area contributed by atoms with Crippen LogP contribution in [0.25, 0.3) is 0 Å². The SMILES string of the molecule is CC(C(=O)NCc1ccc(C(F)(F)F)nc1Cl)c1ccc(CNS(C)=O)c(F)c1. The summed E-state index contributed by atoms with van der Waals surface area (Å²) in [6, 6.07) is 6.21. The van der Waals surface area contributed by atoms with Gasteiger partial charge in [0.1, 0.15) is 16.7 Å². The number of nitrogens with zero attached hydrogens (tertiary/aromatic N) is 1. The number of carbonyl (C=O) groups is 1. The van der Waals surface area contributed by atoms with Crippen molar-refractivity contribution in [1.82, 2.24) is 15.0 Å². The summed E-state index contributed by atoms with van der Waals surface area (Å²) in [4.78, 5) is 15.6. The molecule has 0 fully saturated rings. The Labute approximate surface area is 172 Å². The standard InChI is InChI=1S/C18H18ClF4N3O2S/c1-10(11-3-4-12(14(20)7-11)9-25-29(2)28)17(27)24-8-13-5-6-15(18(21,22)23)26-16(13)19/h3-7,10,25H,8-9H2,1-2H3,(H,24,27). The molecule has 0 aliphatic rings. The quantitative estimate of drug-likeness (QED) is 0.498. The minimum atomic E-state index is -4.61. The second kappa shape index (κ2) is 9.64. The molecule has 0 aliphatic carbocycles. The number of carbonyl (C=O) groups excluding carboxylic acids is 1. The van der Waals surface area contributed by atoms with Gasteiger partial charge in [0.15, 0.2) is 0 Å². The number of nitrogens with one attached hydrogen (secondary N) is 2. The first-order valence-corrected chi connectivity index (χ1v) is 10.3. The summed E-state index contributed by atoms with van der Waals surface area (Å²) in [5.74, 6) is -1.72. The normalized spacial score (nSPS) is 13.8. The van der Waals surface area contributed by atoms with Gasteiger partial charge < -0.3 is 5.32 Å². The van der Waals surface area contributed by atoms with Crippen LogP contribution in [0.2, 0.25) is 5.15 Å². The Morgan fingerprint density at radius 1 is 1.21 bits per heavy atom. The number of halogens is 5. The maximum atomic E-state index is 14.2. The molecular formula is C18H18ClF4N3O2S. The van der Waals surface area contributed by atoms with Crippen LogP contribution in [-0.2, 0) is 35.0 Å². The van der Waals surface area contributed by atoms with Gasteiger partial charge in [-0.3, -0.25) is 4.79 Å². The molecule has 2 aromatic rings. The van der Waals surface area contributed by atoms with E-state index in [4.69, 9.17) is 11.6 Å². The van der Waals surface area contributed by atoms with E-state index in [9.17, 15) is 26.6 Å². The van der Waals surface area contributed by atoms with Crippen LogP contribution in [0.3, 0.4) is 0 Å². The molecule has 2 unspecified atom stereocenters. The van der Waals surface area contributed by atoms with E-state index in [2.05, 4.69) is 15.0 Å². The molecule has 0 aliphatic heterocycles. The van der Waals surface area contributed by atoms with Gasteiger partial charge in [-0.25, -0.2) is 18.3 Å². The summed E-state index contributed by atoms with van der Waals surface area (Å²) in [5.41, 5.74) is -0.180. The van der Waals surface area contributed by atoms with Gasteiger partial charge in [-0.15, -0.1) is 0 Å². The molecule has 1 heterocycles. The predicted octanol–water partition coefficient (Wildman–Crippen LogP) is 3.70. The summed E-state index contributed by atoms with van der Waals surface area (Å²) >= 11 is 5.77. The average molecular weight is 452 g/mol. The molecule has 29 heavy (non-hydrogen) atoms. The van der Waals surface area contributed by atoms with Gasteiger partial charge >= 0.3 is 6.18 Å². The molecule has 0 bridgehead atoms. The Balaban J connectivity index is 2.02. The van der Waals surface area contributed by atoms with Gasteiger partial charge in [-0.2, -0.15) is 13.2 Å². The molecule has 0 radical (unpaired) electrons. The summed E-state index contributed by atoms with van der Waals surface area (Å²) in [7, 11) is -1.28. The topological polar surface area (TPSA) is 71.1 Å². The Bertz CT molecular complexity index is 924. The smallest absolute Gasteiger partial charge is 0.351 e. The van der Waals surface area contributed by atoms with Gasteiger partial charge in [0.2, 0.25) is 5.91 Å². The number of amides is 1. The summed E-state index contributed by atoms with van der Waals surface area (Å²) in [5, 5.41) is 2.19. The molecular weight excluding hydrogens is 434 g/mol. The maximum Gasteiger partial charge on any atom is 0.433 e. The van der Waals surface area contributed by atoms with E-state index in [-0.39, 0.29) is 23.8 Å². The minimum Gasteiger partial charge on any atom is -0.351 e. The number of aromatic nitrogens is 1. The van der Waals surface area contributed by atoms with E-state index in [0.717, 1.165) is 12.1 Å². The molecule has 2 atom stereocenters. The van der Waals surface area contributed by atoms with Crippen LogP contribution in [0.15, 0.2) is 30.3 Å². The minimum absolute atomic E-state index is 0.0786. The second-order valence-electron chi connectivity index (χ2n) is 6.21. The maximum absolute atomic E-state index is 14.2. The van der Waals surface area contributed by atoms with Gasteiger partial charge in [0.05, 0.1) is 16.9 Å². The lowest BCUT2D eigenvalue weighted by molar-refractivity contribution is -0.141. The van der Waals surface area contributed by atoms with Crippen LogP contribution >= 0.6 is 11.6 Å². The van der Waals surface area contributed by atoms with E-state index in [1.807, 2.05) is 0 Å². The highest BCUT2D eigenvalue weighted by Crippen LogP contribution is 2.29. The first kappa shape index (κ1) is 23.2. The number of hydrogen-bond donors (Lipinski definition) is 2. The molecule has 1 aromatic heterocycles. The van der Waals surface area contributed by atoms with Crippen molar-refractivity contribution in [2.45, 2.75) is 32.1 Å². The van der Waals surface area contributed by atoms with Crippen molar-refractivity contribution in [2.24, 2.45) is 0 Å². The first-order valence-electron chi connectivity index (χ1n) is 8.34. The van der Waals surface area contributed by atoms with Gasteiger partial charge in [-0.1, -0.05) is 29.8 Å². The van der Waals surface area contributed by atoms with Crippen molar-refractivity contribution in [3.63, 3.8) is 0 Å². The van der Waals surface area contributed by atoms with Gasteiger partial charge in [-0.05, 0) is 24.6 Å². The molecule has 0 saturated heterocycles. The molecule has 2 N–H and O–H groups in total. The molecule has 2 rings (SSSR count). The van der Waals surface area contributed by atoms with Crippen molar-refractivity contribution < 1.29 is 26.6 Å². The second-order valence-corrected chi connectivity index (χ2v) is 7.76. The largest absolute Gasteiger partial charge is 0.433 e. The van der Waals surface area contributed by atoms with Crippen molar-refractivity contribution >= 4 is 28.5 Å². The average Bonchev–Trinajstić information content (AvgIpc) is 2.64. The van der Waals surface area contributed by atoms with Crippen molar-refractivity contribution in [3.05, 3.63) is 63.7 Å². The van der Waals surface area contributed by atoms with E-state index in [1.165, 1.54) is 18.4 Å². The molecule has 0 spiro atoms. The number of rotatable bonds is 7. The number of alkyl halides is 3. The zero-order chi connectivity index (χ0) is 21.8.